The molecule has 0 aromatic carbocycles. The molecule has 13 nitrogen and oxygen atoms in total. The highest BCUT2D eigenvalue weighted by molar-refractivity contribution is 6.30. The van der Waals surface area contributed by atoms with Crippen molar-refractivity contribution < 1.29 is 14.3 Å². The fraction of sp³-hybridized carbons (Fsp3) is 0.410. The number of amides is 2. The van der Waals surface area contributed by atoms with Crippen LogP contribution in [0.1, 0.15) is 88.7 Å². The van der Waals surface area contributed by atoms with Crippen LogP contribution in [0.2, 0.25) is 10.3 Å². The maximum absolute atomic E-state index is 12.5. The number of rotatable bonds is 7. The number of nitrogens with two attached hydrogens (primary N) is 1. The number of hydrogen-bond donors (Lipinski definition) is 4. The van der Waals surface area contributed by atoms with E-state index in [0.717, 1.165) is 73.9 Å². The van der Waals surface area contributed by atoms with Crippen LogP contribution in [-0.4, -0.2) is 65.2 Å². The predicted molar refractivity (Wildman–Crippen MR) is 212 cm³/mol. The lowest BCUT2D eigenvalue weighted by Crippen LogP contribution is -2.43. The largest absolute Gasteiger partial charge is 0.444 e. The Labute approximate surface area is 324 Å². The second-order valence-electron chi connectivity index (χ2n) is 14.7. The Morgan fingerprint density at radius 1 is 0.852 bits per heavy atom. The van der Waals surface area contributed by atoms with E-state index in [-0.39, 0.29) is 29.2 Å². The molecule has 5 aromatic rings. The maximum Gasteiger partial charge on any atom is 0.407 e. The number of aromatic nitrogens is 6. The molecular formula is C39H46Cl2N10O3. The van der Waals surface area contributed by atoms with E-state index in [1.165, 1.54) is 0 Å². The first-order chi connectivity index (χ1) is 25.9. The van der Waals surface area contributed by atoms with Crippen molar-refractivity contribution in [1.82, 2.24) is 34.8 Å². The zero-order valence-corrected chi connectivity index (χ0v) is 32.1. The zero-order chi connectivity index (χ0) is 38.2. The summed E-state index contributed by atoms with van der Waals surface area (Å²) >= 11 is 12.1. The van der Waals surface area contributed by atoms with Crippen molar-refractivity contribution in [3.8, 4) is 11.5 Å². The third kappa shape index (κ3) is 10.4. The van der Waals surface area contributed by atoms with Gasteiger partial charge in [0, 0.05) is 48.7 Å². The first kappa shape index (κ1) is 38.9. The molecule has 7 rings (SSSR count). The Morgan fingerprint density at radius 3 is 2.30 bits per heavy atom. The number of pyridine rings is 4. The van der Waals surface area contributed by atoms with Crippen molar-refractivity contribution in [1.29, 1.82) is 0 Å². The molecule has 5 heterocycles. The van der Waals surface area contributed by atoms with Crippen LogP contribution in [0.15, 0.2) is 73.3 Å². The van der Waals surface area contributed by atoms with Crippen LogP contribution in [-0.2, 0) is 4.74 Å². The van der Waals surface area contributed by atoms with Gasteiger partial charge in [0.25, 0.3) is 5.91 Å². The van der Waals surface area contributed by atoms with Crippen molar-refractivity contribution in [3.63, 3.8) is 0 Å². The molecule has 0 unspecified atom stereocenters. The number of imidazole rings is 1. The summed E-state index contributed by atoms with van der Waals surface area (Å²) in [4.78, 5) is 46.3. The van der Waals surface area contributed by atoms with E-state index in [1.807, 2.05) is 45.0 Å². The third-order valence-electron chi connectivity index (χ3n) is 9.26. The fourth-order valence-electron chi connectivity index (χ4n) is 6.93. The second-order valence-corrected chi connectivity index (χ2v) is 15.4. The normalized spacial score (nSPS) is 20.0. The Morgan fingerprint density at radius 2 is 1.57 bits per heavy atom. The van der Waals surface area contributed by atoms with E-state index in [1.54, 1.807) is 49.1 Å². The van der Waals surface area contributed by atoms with E-state index in [2.05, 4.69) is 40.5 Å². The van der Waals surface area contributed by atoms with Gasteiger partial charge in [0.15, 0.2) is 5.82 Å². The molecule has 4 atom stereocenters. The highest BCUT2D eigenvalue weighted by atomic mass is 35.5. The van der Waals surface area contributed by atoms with E-state index in [4.69, 9.17) is 38.7 Å². The van der Waals surface area contributed by atoms with Crippen LogP contribution < -0.4 is 21.7 Å². The van der Waals surface area contributed by atoms with Crippen molar-refractivity contribution in [2.45, 2.75) is 102 Å². The average Bonchev–Trinajstić information content (AvgIpc) is 3.52. The van der Waals surface area contributed by atoms with E-state index in [0.29, 0.717) is 28.3 Å². The lowest BCUT2D eigenvalue weighted by Gasteiger charge is -2.32. The second kappa shape index (κ2) is 17.5. The first-order valence-corrected chi connectivity index (χ1v) is 19.0. The number of nitrogens with one attached hydrogen (secondary N) is 3. The van der Waals surface area contributed by atoms with Gasteiger partial charge in [-0.1, -0.05) is 35.3 Å². The molecule has 0 saturated heterocycles. The molecule has 0 aliphatic heterocycles. The van der Waals surface area contributed by atoms with E-state index < -0.39 is 11.7 Å². The lowest BCUT2D eigenvalue weighted by molar-refractivity contribution is 0.0491. The number of carbonyl (C=O) groups excluding carboxylic acids is 2. The van der Waals surface area contributed by atoms with Crippen molar-refractivity contribution >= 4 is 57.6 Å². The molecule has 2 amide bonds. The van der Waals surface area contributed by atoms with Crippen LogP contribution in [0.3, 0.4) is 0 Å². The summed E-state index contributed by atoms with van der Waals surface area (Å²) in [6, 6.07) is 15.1. The smallest absolute Gasteiger partial charge is 0.407 e. The van der Waals surface area contributed by atoms with Crippen molar-refractivity contribution in [2.75, 3.05) is 10.6 Å². The van der Waals surface area contributed by atoms with Gasteiger partial charge < -0.3 is 31.0 Å². The molecule has 2 fully saturated rings. The van der Waals surface area contributed by atoms with Crippen LogP contribution in [0.5, 0.6) is 0 Å². The minimum absolute atomic E-state index is 0.00733. The summed E-state index contributed by atoms with van der Waals surface area (Å²) in [6.07, 6.45) is 14.1. The van der Waals surface area contributed by atoms with Gasteiger partial charge in [-0.25, -0.2) is 19.7 Å². The molecular weight excluding hydrogens is 727 g/mol. The van der Waals surface area contributed by atoms with Crippen LogP contribution in [0, 0.1) is 0 Å². The van der Waals surface area contributed by atoms with Crippen molar-refractivity contribution in [3.05, 3.63) is 89.3 Å². The van der Waals surface area contributed by atoms with Gasteiger partial charge in [0.2, 0.25) is 0 Å². The van der Waals surface area contributed by atoms with Crippen LogP contribution >= 0.6 is 23.2 Å². The monoisotopic (exact) mass is 772 g/mol. The predicted octanol–water partition coefficient (Wildman–Crippen LogP) is 8.22. The Kier molecular flexibility index (Phi) is 12.6. The molecule has 5 N–H and O–H groups in total. The number of halogens is 2. The maximum atomic E-state index is 12.5. The minimum Gasteiger partial charge on any atom is -0.444 e. The van der Waals surface area contributed by atoms with Gasteiger partial charge in [-0.3, -0.25) is 14.8 Å². The van der Waals surface area contributed by atoms with Crippen molar-refractivity contribution in [2.24, 2.45) is 5.73 Å². The summed E-state index contributed by atoms with van der Waals surface area (Å²) in [5, 5.41) is 9.96. The third-order valence-corrected chi connectivity index (χ3v) is 9.67. The summed E-state index contributed by atoms with van der Waals surface area (Å²) in [5.41, 5.74) is 9.87. The highest BCUT2D eigenvalue weighted by Gasteiger charge is 2.28. The molecule has 0 radical (unpaired) electrons. The summed E-state index contributed by atoms with van der Waals surface area (Å²) in [6.45, 7) is 5.52. The van der Waals surface area contributed by atoms with Gasteiger partial charge in [0.1, 0.15) is 27.3 Å². The van der Waals surface area contributed by atoms with Gasteiger partial charge in [0.05, 0.1) is 34.8 Å². The average molecular weight is 774 g/mol. The molecule has 15 heteroatoms. The summed E-state index contributed by atoms with van der Waals surface area (Å²) in [7, 11) is 0. The Balaban J connectivity index is 0.000000192. The molecule has 284 valence electrons. The topological polar surface area (TPSA) is 175 Å². The Bertz CT molecular complexity index is 2040. The van der Waals surface area contributed by atoms with Gasteiger partial charge >= 0.3 is 6.09 Å². The highest BCUT2D eigenvalue weighted by Crippen LogP contribution is 2.35. The van der Waals surface area contributed by atoms with Crippen LogP contribution in [0.4, 0.5) is 16.2 Å². The van der Waals surface area contributed by atoms with Gasteiger partial charge in [-0.05, 0) is 96.4 Å². The molecule has 0 bridgehead atoms. The van der Waals surface area contributed by atoms with Gasteiger partial charge in [-0.2, -0.15) is 0 Å². The van der Waals surface area contributed by atoms with E-state index >= 15 is 0 Å². The fourth-order valence-corrected chi connectivity index (χ4v) is 7.24. The van der Waals surface area contributed by atoms with Gasteiger partial charge in [-0.15, -0.1) is 0 Å². The van der Waals surface area contributed by atoms with Crippen LogP contribution in [0.25, 0.3) is 22.6 Å². The number of ether oxygens (including phenoxy) is 1. The first-order valence-electron chi connectivity index (χ1n) is 18.3. The summed E-state index contributed by atoms with van der Waals surface area (Å²) < 4.78 is 7.61. The standard InChI is InChI=1S/C22H28ClN5O3.C17H18ClN5/c1-22(2,3)31-21(30)27-15-8-6-7-14(11-15)26-18-13-25-19(23)12-17(18)28-20(29)16-9-4-5-10-24-16;18-16-9-14-15(10-21-16)23(12-5-3-4-11(19)8-12)17(22-14)13-6-1-2-7-20-13/h4-5,9-10,12-15,26H,6-8,11H2,1-3H3,(H,27,30)(H,25,28,29);1-2,6-7,9-12H,3-5,8,19H2/t14-,15+;11-,12+/m10/s1. The number of carbonyl (C=O) groups is 2. The molecule has 54 heavy (non-hydrogen) atoms. The molecule has 5 aromatic heterocycles. The lowest BCUT2D eigenvalue weighted by atomic mass is 9.91. The van der Waals surface area contributed by atoms with E-state index in [9.17, 15) is 9.59 Å². The quantitative estimate of drug-likeness (QED) is 0.118. The number of nitrogens with zero attached hydrogens (tertiary/aromatic N) is 6. The molecule has 2 aliphatic carbocycles. The Hall–Kier alpha value is -4.85. The summed E-state index contributed by atoms with van der Waals surface area (Å²) in [5.74, 6) is 0.530. The molecule has 0 spiro atoms. The SMILES string of the molecule is CC(C)(C)OC(=O)N[C@H]1CCC[C@@H](Nc2cnc(Cl)cc2NC(=O)c2ccccn2)C1.N[C@H]1CCC[C@@H](n2c(-c3ccccn3)nc3cc(Cl)ncc32)C1. The number of fused-ring (bicyclic) bond motifs is 1. The zero-order valence-electron chi connectivity index (χ0n) is 30.6. The molecule has 2 saturated carbocycles. The number of anilines is 2. The molecule has 2 aliphatic rings. The minimum atomic E-state index is -0.536. The number of alkyl carbamates (subject to hydrolysis) is 1. The number of hydrogen-bond acceptors (Lipinski definition) is 10.